The van der Waals surface area contributed by atoms with Gasteiger partial charge in [0.25, 0.3) is 0 Å². The molecule has 2 N–H and O–H groups in total. The minimum atomic E-state index is -4.54. The molecule has 0 atom stereocenters. The molecule has 0 aliphatic rings. The smallest absolute Gasteiger partial charge is 0.433 e. The van der Waals surface area contributed by atoms with E-state index in [1.54, 1.807) is 24.3 Å². The fourth-order valence-electron chi connectivity index (χ4n) is 2.30. The lowest BCUT2D eigenvalue weighted by atomic mass is 10.2. The fraction of sp³-hybridized carbons (Fsp3) is 0.100. The molecule has 3 aromatic rings. The van der Waals surface area contributed by atoms with E-state index in [-0.39, 0.29) is 5.75 Å². The Kier molecular flexibility index (Phi) is 5.49. The van der Waals surface area contributed by atoms with Crippen LogP contribution in [0.15, 0.2) is 66.9 Å². The first kappa shape index (κ1) is 19.2. The van der Waals surface area contributed by atoms with E-state index in [4.69, 9.17) is 4.74 Å². The van der Waals surface area contributed by atoms with Crippen molar-refractivity contribution < 1.29 is 22.7 Å². The summed E-state index contributed by atoms with van der Waals surface area (Å²) >= 11 is 0. The molecule has 1 heterocycles. The first-order valence-corrected chi connectivity index (χ1v) is 8.25. The highest BCUT2D eigenvalue weighted by Gasteiger charge is 2.32. The van der Waals surface area contributed by atoms with E-state index in [1.165, 1.54) is 18.2 Å². The number of benzene rings is 2. The number of aromatic nitrogens is 1. The number of ether oxygens (including phenoxy) is 1. The Morgan fingerprint density at radius 1 is 0.893 bits per heavy atom. The number of nitrogens with one attached hydrogen (secondary N) is 2. The van der Waals surface area contributed by atoms with Gasteiger partial charge in [0.1, 0.15) is 17.2 Å². The Morgan fingerprint density at radius 2 is 1.46 bits per heavy atom. The van der Waals surface area contributed by atoms with Crippen LogP contribution in [0.2, 0.25) is 0 Å². The average Bonchev–Trinajstić information content (AvgIpc) is 2.65. The van der Waals surface area contributed by atoms with Gasteiger partial charge < -0.3 is 15.4 Å². The number of nitrogens with zero attached hydrogens (tertiary/aromatic N) is 1. The average molecular weight is 387 g/mol. The van der Waals surface area contributed by atoms with Gasteiger partial charge in [-0.3, -0.25) is 4.98 Å². The van der Waals surface area contributed by atoms with Crippen LogP contribution in [0.25, 0.3) is 0 Å². The Bertz CT molecular complexity index is 956. The Hall–Kier alpha value is -3.55. The van der Waals surface area contributed by atoms with Gasteiger partial charge in [0.05, 0.1) is 0 Å². The number of aryl methyl sites for hydroxylation is 1. The SMILES string of the molecule is Cc1ccc(NC(=O)Nc2ccc(Oc3ccnc(C(F)(F)F)c3)cc2)cc1. The summed E-state index contributed by atoms with van der Waals surface area (Å²) in [5, 5.41) is 5.36. The molecule has 2 amide bonds. The van der Waals surface area contributed by atoms with Crippen molar-refractivity contribution in [2.24, 2.45) is 0 Å². The predicted molar refractivity (Wildman–Crippen MR) is 99.6 cm³/mol. The molecule has 28 heavy (non-hydrogen) atoms. The van der Waals surface area contributed by atoms with E-state index in [9.17, 15) is 18.0 Å². The molecule has 2 aromatic carbocycles. The number of alkyl halides is 3. The number of carbonyl (C=O) groups is 1. The van der Waals surface area contributed by atoms with Crippen molar-refractivity contribution in [3.63, 3.8) is 0 Å². The maximum Gasteiger partial charge on any atom is 0.433 e. The van der Waals surface area contributed by atoms with E-state index in [0.29, 0.717) is 17.1 Å². The van der Waals surface area contributed by atoms with Crippen LogP contribution in [-0.2, 0) is 6.18 Å². The highest BCUT2D eigenvalue weighted by atomic mass is 19.4. The summed E-state index contributed by atoms with van der Waals surface area (Å²) in [6, 6.07) is 15.3. The van der Waals surface area contributed by atoms with Crippen LogP contribution in [-0.4, -0.2) is 11.0 Å². The summed E-state index contributed by atoms with van der Waals surface area (Å²) in [6.07, 6.45) is -3.51. The second-order valence-electron chi connectivity index (χ2n) is 5.95. The molecule has 0 spiro atoms. The van der Waals surface area contributed by atoms with Gasteiger partial charge in [0.15, 0.2) is 0 Å². The molecule has 0 bridgehead atoms. The van der Waals surface area contributed by atoms with Crippen LogP contribution in [0.3, 0.4) is 0 Å². The van der Waals surface area contributed by atoms with E-state index >= 15 is 0 Å². The highest BCUT2D eigenvalue weighted by molar-refractivity contribution is 5.99. The first-order chi connectivity index (χ1) is 13.3. The molecule has 0 aliphatic heterocycles. The van der Waals surface area contributed by atoms with Crippen molar-refractivity contribution >= 4 is 17.4 Å². The third kappa shape index (κ3) is 5.23. The highest BCUT2D eigenvalue weighted by Crippen LogP contribution is 2.31. The summed E-state index contributed by atoms with van der Waals surface area (Å²) < 4.78 is 43.5. The van der Waals surface area contributed by atoms with Crippen molar-refractivity contribution in [1.29, 1.82) is 0 Å². The topological polar surface area (TPSA) is 63.2 Å². The van der Waals surface area contributed by atoms with Gasteiger partial charge in [-0.15, -0.1) is 0 Å². The first-order valence-electron chi connectivity index (χ1n) is 8.25. The maximum atomic E-state index is 12.7. The van der Waals surface area contributed by atoms with E-state index in [1.807, 2.05) is 19.1 Å². The minimum Gasteiger partial charge on any atom is -0.457 e. The third-order valence-electron chi connectivity index (χ3n) is 3.68. The summed E-state index contributed by atoms with van der Waals surface area (Å²) in [5.41, 5.74) is 1.21. The van der Waals surface area contributed by atoms with Crippen molar-refractivity contribution in [2.45, 2.75) is 13.1 Å². The Morgan fingerprint density at radius 3 is 2.04 bits per heavy atom. The molecule has 0 saturated heterocycles. The Balaban J connectivity index is 1.60. The number of hydrogen-bond donors (Lipinski definition) is 2. The fourth-order valence-corrected chi connectivity index (χ4v) is 2.30. The number of amides is 2. The van der Waals surface area contributed by atoms with Gasteiger partial charge in [-0.25, -0.2) is 4.79 Å². The number of rotatable bonds is 4. The predicted octanol–water partition coefficient (Wildman–Crippen LogP) is 5.85. The lowest BCUT2D eigenvalue weighted by Crippen LogP contribution is -2.19. The molecule has 1 aromatic heterocycles. The van der Waals surface area contributed by atoms with Gasteiger partial charge >= 0.3 is 12.2 Å². The monoisotopic (exact) mass is 387 g/mol. The lowest BCUT2D eigenvalue weighted by molar-refractivity contribution is -0.141. The van der Waals surface area contributed by atoms with Crippen LogP contribution in [0.5, 0.6) is 11.5 Å². The number of anilines is 2. The van der Waals surface area contributed by atoms with E-state index < -0.39 is 17.9 Å². The van der Waals surface area contributed by atoms with Gasteiger partial charge in [-0.1, -0.05) is 17.7 Å². The molecule has 0 aliphatic carbocycles. The molecule has 0 radical (unpaired) electrons. The standard InChI is InChI=1S/C20H16F3N3O2/c1-13-2-4-14(5-3-13)25-19(27)26-15-6-8-16(9-7-15)28-17-10-11-24-18(12-17)20(21,22)23/h2-12H,1H3,(H2,25,26,27). The van der Waals surface area contributed by atoms with Crippen molar-refractivity contribution in [3.05, 3.63) is 78.1 Å². The molecule has 144 valence electrons. The Labute approximate surface area is 159 Å². The number of urea groups is 1. The quantitative estimate of drug-likeness (QED) is 0.591. The van der Waals surface area contributed by atoms with E-state index in [2.05, 4.69) is 15.6 Å². The zero-order valence-corrected chi connectivity index (χ0v) is 14.7. The molecule has 5 nitrogen and oxygen atoms in total. The van der Waals surface area contributed by atoms with Crippen LogP contribution >= 0.6 is 0 Å². The number of pyridine rings is 1. The summed E-state index contributed by atoms with van der Waals surface area (Å²) in [4.78, 5) is 15.3. The number of halogens is 3. The van der Waals surface area contributed by atoms with Crippen LogP contribution in [0.1, 0.15) is 11.3 Å². The molecule has 0 fully saturated rings. The molecule has 8 heteroatoms. The maximum absolute atomic E-state index is 12.7. The second kappa shape index (κ2) is 7.99. The van der Waals surface area contributed by atoms with Gasteiger partial charge in [0.2, 0.25) is 0 Å². The minimum absolute atomic E-state index is 0.0140. The number of hydrogen-bond acceptors (Lipinski definition) is 3. The molecule has 0 saturated carbocycles. The summed E-state index contributed by atoms with van der Waals surface area (Å²) in [5.74, 6) is 0.337. The zero-order valence-electron chi connectivity index (χ0n) is 14.7. The normalized spacial score (nSPS) is 11.0. The van der Waals surface area contributed by atoms with Crippen molar-refractivity contribution in [1.82, 2.24) is 4.98 Å². The van der Waals surface area contributed by atoms with Gasteiger partial charge in [-0.2, -0.15) is 13.2 Å². The second-order valence-corrected chi connectivity index (χ2v) is 5.95. The van der Waals surface area contributed by atoms with Gasteiger partial charge in [-0.05, 0) is 49.4 Å². The van der Waals surface area contributed by atoms with Gasteiger partial charge in [0, 0.05) is 23.6 Å². The summed E-state index contributed by atoms with van der Waals surface area (Å²) in [7, 11) is 0. The lowest BCUT2D eigenvalue weighted by Gasteiger charge is -2.10. The zero-order chi connectivity index (χ0) is 20.1. The van der Waals surface area contributed by atoms with E-state index in [0.717, 1.165) is 17.8 Å². The van der Waals surface area contributed by atoms with Crippen molar-refractivity contribution in [2.75, 3.05) is 10.6 Å². The third-order valence-corrected chi connectivity index (χ3v) is 3.68. The molecular weight excluding hydrogens is 371 g/mol. The summed E-state index contributed by atoms with van der Waals surface area (Å²) in [6.45, 7) is 1.95. The van der Waals surface area contributed by atoms with Crippen LogP contribution < -0.4 is 15.4 Å². The molecular formula is C20H16F3N3O2. The largest absolute Gasteiger partial charge is 0.457 e. The van der Waals surface area contributed by atoms with Crippen molar-refractivity contribution in [3.8, 4) is 11.5 Å². The molecule has 0 unspecified atom stereocenters. The van der Waals surface area contributed by atoms with Crippen LogP contribution in [0.4, 0.5) is 29.3 Å². The van der Waals surface area contributed by atoms with Crippen LogP contribution in [0, 0.1) is 6.92 Å². The number of carbonyl (C=O) groups excluding carboxylic acids is 1. The molecule has 3 rings (SSSR count).